The van der Waals surface area contributed by atoms with Crippen LogP contribution in [-0.2, 0) is 13.6 Å². The quantitative estimate of drug-likeness (QED) is 0.880. The molecule has 0 aliphatic heterocycles. The molecule has 18 heavy (non-hydrogen) atoms. The molecule has 3 nitrogen and oxygen atoms in total. The Balaban J connectivity index is 2.03. The summed E-state index contributed by atoms with van der Waals surface area (Å²) >= 11 is 6.74. The van der Waals surface area contributed by atoms with Crippen molar-refractivity contribution in [2.45, 2.75) is 6.54 Å². The van der Waals surface area contributed by atoms with Gasteiger partial charge < -0.3 is 9.88 Å². The summed E-state index contributed by atoms with van der Waals surface area (Å²) < 4.78 is 3.67. The summed E-state index contributed by atoms with van der Waals surface area (Å²) in [4.78, 5) is 12.0. The third kappa shape index (κ3) is 3.23. The van der Waals surface area contributed by atoms with E-state index in [1.54, 1.807) is 6.07 Å². The topological polar surface area (TPSA) is 34.0 Å². The van der Waals surface area contributed by atoms with Gasteiger partial charge in [0, 0.05) is 34.9 Å². The fourth-order valence-corrected chi connectivity index (χ4v) is 2.84. The zero-order chi connectivity index (χ0) is 13.1. The maximum Gasteiger partial charge on any atom is 0.252 e. The number of carbonyl (C=O) groups is 1. The summed E-state index contributed by atoms with van der Waals surface area (Å²) in [6.07, 6.45) is 3.94. The van der Waals surface area contributed by atoms with Gasteiger partial charge in [0.1, 0.15) is 0 Å². The molecule has 1 N–H and O–H groups in total. The Morgan fingerprint density at radius 2 is 2.11 bits per heavy atom. The monoisotopic (exact) mass is 370 g/mol. The number of aromatic nitrogens is 1. The van der Waals surface area contributed by atoms with E-state index in [1.807, 2.05) is 42.2 Å². The molecule has 5 heteroatoms. The number of hydrogen-bond donors (Lipinski definition) is 1. The fourth-order valence-electron chi connectivity index (χ4n) is 1.62. The molecule has 1 heterocycles. The van der Waals surface area contributed by atoms with Crippen molar-refractivity contribution in [2.75, 3.05) is 0 Å². The Labute approximate surface area is 122 Å². The van der Waals surface area contributed by atoms with Gasteiger partial charge in [-0.1, -0.05) is 15.9 Å². The van der Waals surface area contributed by atoms with E-state index in [2.05, 4.69) is 37.2 Å². The molecule has 0 saturated heterocycles. The Morgan fingerprint density at radius 3 is 2.72 bits per heavy atom. The minimum Gasteiger partial charge on any atom is -0.357 e. The maximum atomic E-state index is 12.0. The highest BCUT2D eigenvalue weighted by Gasteiger charge is 2.09. The van der Waals surface area contributed by atoms with Crippen molar-refractivity contribution >= 4 is 37.8 Å². The first-order valence-corrected chi connectivity index (χ1v) is 6.99. The van der Waals surface area contributed by atoms with Gasteiger partial charge in [0.05, 0.1) is 5.56 Å². The maximum absolute atomic E-state index is 12.0. The highest BCUT2D eigenvalue weighted by Crippen LogP contribution is 2.21. The highest BCUT2D eigenvalue weighted by molar-refractivity contribution is 9.11. The van der Waals surface area contributed by atoms with E-state index in [1.165, 1.54) is 0 Å². The molecule has 2 aromatic rings. The molecule has 0 aliphatic rings. The average Bonchev–Trinajstić information content (AvgIpc) is 2.72. The van der Waals surface area contributed by atoms with Crippen molar-refractivity contribution in [3.05, 3.63) is 56.7 Å². The first kappa shape index (κ1) is 13.4. The number of hydrogen-bond acceptors (Lipinski definition) is 1. The first-order chi connectivity index (χ1) is 8.56. The van der Waals surface area contributed by atoms with Gasteiger partial charge in [0.2, 0.25) is 0 Å². The van der Waals surface area contributed by atoms with Crippen molar-refractivity contribution in [3.8, 4) is 0 Å². The third-order valence-corrected chi connectivity index (χ3v) is 3.67. The lowest BCUT2D eigenvalue weighted by Crippen LogP contribution is -2.22. The molecule has 0 radical (unpaired) electrons. The zero-order valence-electron chi connectivity index (χ0n) is 9.78. The molecule has 0 atom stereocenters. The summed E-state index contributed by atoms with van der Waals surface area (Å²) in [5, 5.41) is 2.89. The largest absolute Gasteiger partial charge is 0.357 e. The number of carbonyl (C=O) groups excluding carboxylic acids is 1. The van der Waals surface area contributed by atoms with Gasteiger partial charge in [0.15, 0.2) is 0 Å². The van der Waals surface area contributed by atoms with Crippen LogP contribution in [0.15, 0.2) is 45.6 Å². The van der Waals surface area contributed by atoms with E-state index in [0.717, 1.165) is 14.5 Å². The molecule has 1 aromatic heterocycles. The molecule has 0 unspecified atom stereocenters. The van der Waals surface area contributed by atoms with E-state index in [4.69, 9.17) is 0 Å². The number of nitrogens with one attached hydrogen (secondary N) is 1. The van der Waals surface area contributed by atoms with Crippen LogP contribution in [0.1, 0.15) is 15.9 Å². The lowest BCUT2D eigenvalue weighted by molar-refractivity contribution is 0.0950. The fraction of sp³-hybridized carbons (Fsp3) is 0.154. The Bertz CT molecular complexity index is 578. The molecule has 0 saturated carbocycles. The van der Waals surface area contributed by atoms with Crippen LogP contribution >= 0.6 is 31.9 Å². The predicted molar refractivity (Wildman–Crippen MR) is 78.4 cm³/mol. The Hall–Kier alpha value is -1.07. The van der Waals surface area contributed by atoms with E-state index >= 15 is 0 Å². The van der Waals surface area contributed by atoms with Crippen LogP contribution in [-0.4, -0.2) is 10.5 Å². The van der Waals surface area contributed by atoms with Crippen molar-refractivity contribution < 1.29 is 4.79 Å². The second-order valence-electron chi connectivity index (χ2n) is 3.99. The standard InChI is InChI=1S/C13H12Br2N2O/c1-17-5-4-9(8-17)7-16-13(18)11-3-2-10(14)6-12(11)15/h2-6,8H,7H2,1H3,(H,16,18). The van der Waals surface area contributed by atoms with Crippen molar-refractivity contribution in [1.82, 2.24) is 9.88 Å². The van der Waals surface area contributed by atoms with E-state index < -0.39 is 0 Å². The van der Waals surface area contributed by atoms with Crippen LogP contribution in [0.2, 0.25) is 0 Å². The lowest BCUT2D eigenvalue weighted by Gasteiger charge is -2.06. The van der Waals surface area contributed by atoms with Crippen LogP contribution in [0, 0.1) is 0 Å². The van der Waals surface area contributed by atoms with E-state index in [-0.39, 0.29) is 5.91 Å². The second kappa shape index (κ2) is 5.71. The van der Waals surface area contributed by atoms with E-state index in [9.17, 15) is 4.79 Å². The molecular formula is C13H12Br2N2O. The average molecular weight is 372 g/mol. The summed E-state index contributed by atoms with van der Waals surface area (Å²) in [5.41, 5.74) is 1.72. The summed E-state index contributed by atoms with van der Waals surface area (Å²) in [7, 11) is 1.95. The Morgan fingerprint density at radius 1 is 1.33 bits per heavy atom. The molecule has 1 aromatic carbocycles. The van der Waals surface area contributed by atoms with Crippen LogP contribution < -0.4 is 5.32 Å². The van der Waals surface area contributed by atoms with Gasteiger partial charge >= 0.3 is 0 Å². The van der Waals surface area contributed by atoms with Crippen molar-refractivity contribution in [2.24, 2.45) is 7.05 Å². The lowest BCUT2D eigenvalue weighted by atomic mass is 10.2. The summed E-state index contributed by atoms with van der Waals surface area (Å²) in [5.74, 6) is -0.0850. The van der Waals surface area contributed by atoms with Gasteiger partial charge in [-0.15, -0.1) is 0 Å². The summed E-state index contributed by atoms with van der Waals surface area (Å²) in [6.45, 7) is 0.530. The second-order valence-corrected chi connectivity index (χ2v) is 5.76. The van der Waals surface area contributed by atoms with Gasteiger partial charge in [-0.3, -0.25) is 4.79 Å². The van der Waals surface area contributed by atoms with E-state index in [0.29, 0.717) is 12.1 Å². The van der Waals surface area contributed by atoms with Gasteiger partial charge in [0.25, 0.3) is 5.91 Å². The number of benzene rings is 1. The Kier molecular flexibility index (Phi) is 4.24. The number of nitrogens with zero attached hydrogens (tertiary/aromatic N) is 1. The third-order valence-electron chi connectivity index (χ3n) is 2.52. The predicted octanol–water partition coefficient (Wildman–Crippen LogP) is 3.48. The SMILES string of the molecule is Cn1ccc(CNC(=O)c2ccc(Br)cc2Br)c1. The van der Waals surface area contributed by atoms with Crippen LogP contribution in [0.5, 0.6) is 0 Å². The molecule has 1 amide bonds. The molecule has 0 bridgehead atoms. The van der Waals surface area contributed by atoms with Gasteiger partial charge in [-0.05, 0) is 45.8 Å². The molecular weight excluding hydrogens is 360 g/mol. The molecule has 94 valence electrons. The number of aryl methyl sites for hydroxylation is 1. The highest BCUT2D eigenvalue weighted by atomic mass is 79.9. The normalized spacial score (nSPS) is 10.4. The number of halogens is 2. The number of rotatable bonds is 3. The number of amides is 1. The zero-order valence-corrected chi connectivity index (χ0v) is 13.0. The minimum atomic E-state index is -0.0850. The van der Waals surface area contributed by atoms with Crippen molar-refractivity contribution in [1.29, 1.82) is 0 Å². The minimum absolute atomic E-state index is 0.0850. The smallest absolute Gasteiger partial charge is 0.252 e. The molecule has 0 aliphatic carbocycles. The van der Waals surface area contributed by atoms with Crippen molar-refractivity contribution in [3.63, 3.8) is 0 Å². The van der Waals surface area contributed by atoms with Crippen LogP contribution in [0.4, 0.5) is 0 Å². The summed E-state index contributed by atoms with van der Waals surface area (Å²) in [6, 6.07) is 7.48. The molecule has 0 fully saturated rings. The molecule has 0 spiro atoms. The van der Waals surface area contributed by atoms with Crippen LogP contribution in [0.3, 0.4) is 0 Å². The van der Waals surface area contributed by atoms with Gasteiger partial charge in [-0.2, -0.15) is 0 Å². The first-order valence-electron chi connectivity index (χ1n) is 5.40. The van der Waals surface area contributed by atoms with Crippen LogP contribution in [0.25, 0.3) is 0 Å². The molecule has 2 rings (SSSR count). The van der Waals surface area contributed by atoms with Gasteiger partial charge in [-0.25, -0.2) is 0 Å².